The van der Waals surface area contributed by atoms with Crippen LogP contribution in [0.4, 0.5) is 0 Å². The number of carbonyl (C=O) groups excluding carboxylic acids is 1. The van der Waals surface area contributed by atoms with Gasteiger partial charge in [-0.15, -0.1) is 0 Å². The van der Waals surface area contributed by atoms with Crippen LogP contribution in [0.1, 0.15) is 0 Å². The first-order chi connectivity index (χ1) is 4.33. The first-order valence-corrected chi connectivity index (χ1v) is 3.16. The van der Waals surface area contributed by atoms with Crippen molar-refractivity contribution >= 4 is 29.4 Å². The third-order valence-corrected chi connectivity index (χ3v) is 1.29. The van der Waals surface area contributed by atoms with Gasteiger partial charge in [0.25, 0.3) is 0 Å². The Morgan fingerprint density at radius 2 is 2.67 bits per heavy atom. The van der Waals surface area contributed by atoms with Crippen molar-refractivity contribution in [1.82, 2.24) is 0 Å². The van der Waals surface area contributed by atoms with E-state index in [1.165, 1.54) is 5.55 Å². The van der Waals surface area contributed by atoms with E-state index in [9.17, 15) is 4.79 Å². The fourth-order valence-electron chi connectivity index (χ4n) is 0.377. The maximum atomic E-state index is 9.94. The topological polar surface area (TPSA) is 62.0 Å². The Morgan fingerprint density at radius 1 is 1.89 bits per heavy atom. The van der Waals surface area contributed by atoms with E-state index < -0.39 is 5.56 Å². The largest absolute Gasteiger partial charge is 0.363 e. The highest BCUT2D eigenvalue weighted by molar-refractivity contribution is 8.12. The van der Waals surface area contributed by atoms with Crippen LogP contribution in [0, 0.1) is 0 Å². The highest BCUT2D eigenvalue weighted by Gasteiger charge is 2.06. The molecule has 0 amide bonds. The SMILES string of the molecule is O=CC1=NC(O)SC=N1. The van der Waals surface area contributed by atoms with Gasteiger partial charge in [0.1, 0.15) is 0 Å². The molecule has 1 unspecified atom stereocenters. The van der Waals surface area contributed by atoms with Gasteiger partial charge in [0, 0.05) is 0 Å². The number of aldehydes is 1. The molecule has 0 fully saturated rings. The summed E-state index contributed by atoms with van der Waals surface area (Å²) >= 11 is 1.05. The molecule has 4 nitrogen and oxygen atoms in total. The van der Waals surface area contributed by atoms with Crippen LogP contribution in [0.5, 0.6) is 0 Å². The second-order valence-corrected chi connectivity index (χ2v) is 2.21. The third-order valence-electron chi connectivity index (χ3n) is 0.716. The quantitative estimate of drug-likeness (QED) is 0.511. The lowest BCUT2D eigenvalue weighted by molar-refractivity contribution is -0.102. The lowest BCUT2D eigenvalue weighted by Crippen LogP contribution is -2.08. The molecule has 0 saturated heterocycles. The molecule has 1 atom stereocenters. The molecule has 0 aromatic heterocycles. The van der Waals surface area contributed by atoms with Crippen LogP contribution in [0.15, 0.2) is 9.98 Å². The third kappa shape index (κ3) is 1.62. The number of nitrogens with zero attached hydrogens (tertiary/aromatic N) is 2. The summed E-state index contributed by atoms with van der Waals surface area (Å²) < 4.78 is 0. The number of thioether (sulfide) groups is 1. The molecular weight excluding hydrogens is 140 g/mol. The minimum Gasteiger partial charge on any atom is -0.363 e. The van der Waals surface area contributed by atoms with Gasteiger partial charge in [-0.1, -0.05) is 11.8 Å². The summed E-state index contributed by atoms with van der Waals surface area (Å²) in [6.07, 6.45) is 0.499. The summed E-state index contributed by atoms with van der Waals surface area (Å²) in [5.41, 5.74) is 0.532. The number of aliphatic hydroxyl groups is 1. The van der Waals surface area contributed by atoms with Gasteiger partial charge in [0.2, 0.25) is 5.56 Å². The van der Waals surface area contributed by atoms with Crippen molar-refractivity contribution in [2.45, 2.75) is 5.56 Å². The number of aliphatic hydroxyl groups excluding tert-OH is 1. The molecule has 1 aliphatic heterocycles. The normalized spacial score (nSPS) is 25.4. The second kappa shape index (κ2) is 2.75. The smallest absolute Gasteiger partial charge is 0.201 e. The Bertz CT molecular complexity index is 177. The van der Waals surface area contributed by atoms with Crippen molar-refractivity contribution in [3.8, 4) is 0 Å². The number of aliphatic imine (C=N–C) groups is 2. The zero-order chi connectivity index (χ0) is 6.69. The van der Waals surface area contributed by atoms with E-state index in [-0.39, 0.29) is 5.84 Å². The fourth-order valence-corrected chi connectivity index (χ4v) is 0.823. The standard InChI is InChI=1S/C4H4N2O2S/c7-1-3-5-2-9-4(8)6-3/h1-2,4,8H. The Kier molecular flexibility index (Phi) is 1.96. The average molecular weight is 144 g/mol. The highest BCUT2D eigenvalue weighted by atomic mass is 32.2. The molecule has 48 valence electrons. The van der Waals surface area contributed by atoms with Gasteiger partial charge in [-0.25, -0.2) is 9.98 Å². The number of carbonyl (C=O) groups is 1. The van der Waals surface area contributed by atoms with Gasteiger partial charge in [0.05, 0.1) is 5.55 Å². The molecule has 0 aliphatic carbocycles. The van der Waals surface area contributed by atoms with Gasteiger partial charge in [-0.05, 0) is 0 Å². The molecule has 0 saturated carbocycles. The predicted molar refractivity (Wildman–Crippen MR) is 35.6 cm³/mol. The summed E-state index contributed by atoms with van der Waals surface area (Å²) in [5.74, 6) is 0.0428. The zero-order valence-corrected chi connectivity index (χ0v) is 5.21. The minimum absolute atomic E-state index is 0.0428. The van der Waals surface area contributed by atoms with E-state index in [2.05, 4.69) is 9.98 Å². The molecule has 0 aromatic carbocycles. The predicted octanol–water partition coefficient (Wildman–Crippen LogP) is -0.365. The monoisotopic (exact) mass is 144 g/mol. The maximum absolute atomic E-state index is 9.94. The van der Waals surface area contributed by atoms with Crippen LogP contribution in [0.2, 0.25) is 0 Å². The van der Waals surface area contributed by atoms with Gasteiger partial charge in [0.15, 0.2) is 12.1 Å². The first kappa shape index (κ1) is 6.44. The molecule has 1 rings (SSSR count). The molecule has 0 aromatic rings. The van der Waals surface area contributed by atoms with Crippen LogP contribution in [0.3, 0.4) is 0 Å². The number of amidine groups is 1. The molecule has 1 heterocycles. The van der Waals surface area contributed by atoms with Crippen LogP contribution in [0.25, 0.3) is 0 Å². The van der Waals surface area contributed by atoms with Crippen LogP contribution >= 0.6 is 11.8 Å². The Labute approximate surface area is 55.7 Å². The van der Waals surface area contributed by atoms with Gasteiger partial charge >= 0.3 is 0 Å². The minimum atomic E-state index is -0.859. The fraction of sp³-hybridized carbons (Fsp3) is 0.250. The van der Waals surface area contributed by atoms with Crippen molar-refractivity contribution in [2.24, 2.45) is 9.98 Å². The van der Waals surface area contributed by atoms with Crippen molar-refractivity contribution in [1.29, 1.82) is 0 Å². The maximum Gasteiger partial charge on any atom is 0.201 e. The Balaban J connectivity index is 2.70. The van der Waals surface area contributed by atoms with Crippen LogP contribution in [-0.4, -0.2) is 28.3 Å². The molecule has 9 heavy (non-hydrogen) atoms. The Morgan fingerprint density at radius 3 is 3.11 bits per heavy atom. The summed E-state index contributed by atoms with van der Waals surface area (Å²) in [5, 5.41) is 8.74. The van der Waals surface area contributed by atoms with Gasteiger partial charge in [-0.3, -0.25) is 4.79 Å². The van der Waals surface area contributed by atoms with E-state index in [1.54, 1.807) is 0 Å². The molecule has 0 spiro atoms. The van der Waals surface area contributed by atoms with Gasteiger partial charge < -0.3 is 5.11 Å². The van der Waals surface area contributed by atoms with E-state index >= 15 is 0 Å². The van der Waals surface area contributed by atoms with E-state index in [0.29, 0.717) is 6.29 Å². The lowest BCUT2D eigenvalue weighted by atomic mass is 10.7. The Hall–Kier alpha value is -0.680. The first-order valence-electron chi connectivity index (χ1n) is 2.22. The van der Waals surface area contributed by atoms with Crippen LogP contribution < -0.4 is 0 Å². The molecule has 5 heteroatoms. The molecule has 1 aliphatic rings. The zero-order valence-electron chi connectivity index (χ0n) is 4.39. The van der Waals surface area contributed by atoms with Crippen molar-refractivity contribution < 1.29 is 9.90 Å². The van der Waals surface area contributed by atoms with Crippen LogP contribution in [-0.2, 0) is 4.79 Å². The molecular formula is C4H4N2O2S. The summed E-state index contributed by atoms with van der Waals surface area (Å²) in [7, 11) is 0. The number of rotatable bonds is 1. The van der Waals surface area contributed by atoms with Crippen molar-refractivity contribution in [3.05, 3.63) is 0 Å². The summed E-state index contributed by atoms with van der Waals surface area (Å²) in [6.45, 7) is 0. The van der Waals surface area contributed by atoms with Crippen molar-refractivity contribution in [3.63, 3.8) is 0 Å². The second-order valence-electron chi connectivity index (χ2n) is 1.30. The molecule has 1 N–H and O–H groups in total. The highest BCUT2D eigenvalue weighted by Crippen LogP contribution is 2.09. The van der Waals surface area contributed by atoms with Gasteiger partial charge in [-0.2, -0.15) is 0 Å². The van der Waals surface area contributed by atoms with Crippen molar-refractivity contribution in [2.75, 3.05) is 0 Å². The number of hydrogen-bond acceptors (Lipinski definition) is 5. The summed E-state index contributed by atoms with van der Waals surface area (Å²) in [4.78, 5) is 17.0. The average Bonchev–Trinajstić information content (AvgIpc) is 1.88. The van der Waals surface area contributed by atoms with E-state index in [4.69, 9.17) is 5.11 Å². The summed E-state index contributed by atoms with van der Waals surface area (Å²) in [6, 6.07) is 0. The lowest BCUT2D eigenvalue weighted by Gasteiger charge is -2.03. The molecule has 0 radical (unpaired) electrons. The van der Waals surface area contributed by atoms with E-state index in [0.717, 1.165) is 11.8 Å². The number of hydrogen-bond donors (Lipinski definition) is 1. The van der Waals surface area contributed by atoms with E-state index in [1.807, 2.05) is 0 Å². The molecule has 0 bridgehead atoms.